The summed E-state index contributed by atoms with van der Waals surface area (Å²) < 4.78 is 8.17. The van der Waals surface area contributed by atoms with Crippen LogP contribution < -0.4 is 10.3 Å². The van der Waals surface area contributed by atoms with Gasteiger partial charge in [-0.15, -0.1) is 5.10 Å². The molecule has 0 radical (unpaired) electrons. The first-order chi connectivity index (χ1) is 13.7. The van der Waals surface area contributed by atoms with Gasteiger partial charge in [-0.25, -0.2) is 9.55 Å². The molecule has 0 saturated heterocycles. The molecular weight excluding hydrogens is 360 g/mol. The van der Waals surface area contributed by atoms with E-state index >= 15 is 0 Å². The van der Waals surface area contributed by atoms with Crippen LogP contribution in [0.1, 0.15) is 5.82 Å². The van der Waals surface area contributed by atoms with Crippen LogP contribution in [0.4, 0.5) is 0 Å². The normalized spacial score (nSPS) is 11.4. The van der Waals surface area contributed by atoms with Crippen molar-refractivity contribution < 1.29 is 4.74 Å². The number of benzene rings is 1. The second-order valence-corrected chi connectivity index (χ2v) is 6.13. The zero-order valence-corrected chi connectivity index (χ0v) is 15.0. The summed E-state index contributed by atoms with van der Waals surface area (Å²) in [6.07, 6.45) is 3.01. The summed E-state index contributed by atoms with van der Waals surface area (Å²) in [4.78, 5) is 26.3. The smallest absolute Gasteiger partial charge is 0.269 e. The molecule has 0 saturated carbocycles. The number of aromatic nitrogens is 8. The van der Waals surface area contributed by atoms with Gasteiger partial charge in [-0.1, -0.05) is 0 Å². The van der Waals surface area contributed by atoms with Crippen LogP contribution in [0, 0.1) is 6.92 Å². The van der Waals surface area contributed by atoms with Gasteiger partial charge in [-0.05, 0) is 37.3 Å². The lowest BCUT2D eigenvalue weighted by Gasteiger charge is -2.10. The monoisotopic (exact) mass is 374 g/mol. The third-order valence-electron chi connectivity index (χ3n) is 4.43. The fourth-order valence-corrected chi connectivity index (χ4v) is 3.14. The van der Waals surface area contributed by atoms with Crippen molar-refractivity contribution in [3.63, 3.8) is 0 Å². The molecule has 28 heavy (non-hydrogen) atoms. The second-order valence-electron chi connectivity index (χ2n) is 6.13. The van der Waals surface area contributed by atoms with E-state index in [1.54, 1.807) is 30.8 Å². The van der Waals surface area contributed by atoms with Gasteiger partial charge in [0, 0.05) is 11.8 Å². The van der Waals surface area contributed by atoms with E-state index in [-0.39, 0.29) is 11.5 Å². The van der Waals surface area contributed by atoms with Crippen molar-refractivity contribution >= 4 is 16.7 Å². The second kappa shape index (κ2) is 5.98. The SMILES string of the molecule is COc1ccc(-c2c3c(=O)n(-c4n[nH]c(C)n4)ccc3nc3ncnn23)cc1. The standard InChI is InChI=1S/C18H14N8O2/c1-10-21-18(24-23-10)25-8-7-13-14(16(25)27)15(26-17(22-13)19-9-20-26)11-3-5-12(28-2)6-4-11/h3-9H,1-2H3,(H,21,23,24). The highest BCUT2D eigenvalue weighted by molar-refractivity contribution is 5.93. The number of hydrogen-bond acceptors (Lipinski definition) is 7. The maximum atomic E-state index is 13.4. The van der Waals surface area contributed by atoms with E-state index in [1.807, 2.05) is 24.3 Å². The van der Waals surface area contributed by atoms with Crippen molar-refractivity contribution in [2.75, 3.05) is 7.11 Å². The molecule has 4 heterocycles. The van der Waals surface area contributed by atoms with E-state index in [2.05, 4.69) is 30.2 Å². The van der Waals surface area contributed by atoms with Crippen molar-refractivity contribution in [1.29, 1.82) is 0 Å². The van der Waals surface area contributed by atoms with Gasteiger partial charge in [-0.3, -0.25) is 9.89 Å². The highest BCUT2D eigenvalue weighted by Crippen LogP contribution is 2.27. The van der Waals surface area contributed by atoms with E-state index in [4.69, 9.17) is 4.74 Å². The minimum absolute atomic E-state index is 0.267. The maximum Gasteiger partial charge on any atom is 0.269 e. The Kier molecular flexibility index (Phi) is 3.44. The molecule has 5 rings (SSSR count). The summed E-state index contributed by atoms with van der Waals surface area (Å²) in [6.45, 7) is 1.77. The minimum Gasteiger partial charge on any atom is -0.497 e. The van der Waals surface area contributed by atoms with Gasteiger partial charge in [0.1, 0.15) is 17.9 Å². The summed E-state index contributed by atoms with van der Waals surface area (Å²) in [5, 5.41) is 11.5. The Morgan fingerprint density at radius 2 is 1.93 bits per heavy atom. The van der Waals surface area contributed by atoms with Crippen LogP contribution in [0.3, 0.4) is 0 Å². The fourth-order valence-electron chi connectivity index (χ4n) is 3.14. The van der Waals surface area contributed by atoms with E-state index in [0.717, 1.165) is 5.56 Å². The average molecular weight is 374 g/mol. The number of ether oxygens (including phenoxy) is 1. The van der Waals surface area contributed by atoms with Crippen LogP contribution in [0.5, 0.6) is 5.75 Å². The van der Waals surface area contributed by atoms with E-state index in [1.165, 1.54) is 10.9 Å². The van der Waals surface area contributed by atoms with Gasteiger partial charge in [0.2, 0.25) is 0 Å². The number of pyridine rings is 1. The largest absolute Gasteiger partial charge is 0.497 e. The zero-order valence-electron chi connectivity index (χ0n) is 15.0. The van der Waals surface area contributed by atoms with Crippen molar-refractivity contribution in [2.24, 2.45) is 0 Å². The molecule has 138 valence electrons. The van der Waals surface area contributed by atoms with Crippen molar-refractivity contribution in [1.82, 2.24) is 39.3 Å². The first kappa shape index (κ1) is 16.1. The lowest BCUT2D eigenvalue weighted by Crippen LogP contribution is -2.21. The van der Waals surface area contributed by atoms with Crippen LogP contribution in [-0.4, -0.2) is 46.4 Å². The van der Waals surface area contributed by atoms with Gasteiger partial charge in [0.25, 0.3) is 17.3 Å². The fraction of sp³-hybridized carbons (Fsp3) is 0.111. The minimum atomic E-state index is -0.299. The Balaban J connectivity index is 1.89. The third kappa shape index (κ3) is 2.35. The number of aromatic amines is 1. The van der Waals surface area contributed by atoms with Crippen molar-refractivity contribution in [3.05, 3.63) is 59.0 Å². The van der Waals surface area contributed by atoms with Gasteiger partial charge in [0.15, 0.2) is 0 Å². The Morgan fingerprint density at radius 1 is 1.11 bits per heavy atom. The Morgan fingerprint density at radius 3 is 2.64 bits per heavy atom. The number of fused-ring (bicyclic) bond motifs is 2. The van der Waals surface area contributed by atoms with Crippen LogP contribution in [-0.2, 0) is 0 Å². The van der Waals surface area contributed by atoms with Gasteiger partial charge < -0.3 is 4.74 Å². The van der Waals surface area contributed by atoms with Crippen LogP contribution in [0.2, 0.25) is 0 Å². The summed E-state index contributed by atoms with van der Waals surface area (Å²) in [6, 6.07) is 9.12. The molecule has 0 aliphatic rings. The summed E-state index contributed by atoms with van der Waals surface area (Å²) in [5.74, 6) is 2.00. The Bertz CT molecular complexity index is 1380. The third-order valence-corrected chi connectivity index (χ3v) is 4.43. The lowest BCUT2D eigenvalue weighted by molar-refractivity contribution is 0.415. The first-order valence-electron chi connectivity index (χ1n) is 8.44. The summed E-state index contributed by atoms with van der Waals surface area (Å²) in [7, 11) is 1.60. The lowest BCUT2D eigenvalue weighted by atomic mass is 10.1. The number of nitrogens with one attached hydrogen (secondary N) is 1. The number of methoxy groups -OCH3 is 1. The maximum absolute atomic E-state index is 13.4. The van der Waals surface area contributed by atoms with Crippen LogP contribution in [0.25, 0.3) is 33.9 Å². The highest BCUT2D eigenvalue weighted by Gasteiger charge is 2.18. The van der Waals surface area contributed by atoms with Gasteiger partial charge >= 0.3 is 0 Å². The van der Waals surface area contributed by atoms with Crippen LogP contribution in [0.15, 0.2) is 47.7 Å². The topological polar surface area (TPSA) is 116 Å². The Labute approximate surface area is 157 Å². The zero-order chi connectivity index (χ0) is 19.3. The number of rotatable bonds is 3. The van der Waals surface area contributed by atoms with E-state index in [9.17, 15) is 4.79 Å². The molecule has 0 atom stereocenters. The van der Waals surface area contributed by atoms with E-state index in [0.29, 0.717) is 33.9 Å². The Hall–Kier alpha value is -4.08. The van der Waals surface area contributed by atoms with Crippen molar-refractivity contribution in [3.8, 4) is 23.0 Å². The quantitative estimate of drug-likeness (QED) is 0.509. The first-order valence-corrected chi connectivity index (χ1v) is 8.44. The molecule has 5 aromatic rings. The molecule has 0 bridgehead atoms. The molecule has 0 unspecified atom stereocenters. The van der Waals surface area contributed by atoms with Crippen molar-refractivity contribution in [2.45, 2.75) is 6.92 Å². The molecule has 0 fully saturated rings. The molecule has 10 nitrogen and oxygen atoms in total. The molecule has 4 aromatic heterocycles. The van der Waals surface area contributed by atoms with Gasteiger partial charge in [-0.2, -0.15) is 19.6 Å². The molecule has 10 heteroatoms. The van der Waals surface area contributed by atoms with Gasteiger partial charge in [0.05, 0.1) is 23.7 Å². The predicted molar refractivity (Wildman–Crippen MR) is 101 cm³/mol. The number of aryl methyl sites for hydroxylation is 1. The molecule has 1 N–H and O–H groups in total. The summed E-state index contributed by atoms with van der Waals surface area (Å²) >= 11 is 0. The molecule has 0 aliphatic carbocycles. The number of nitrogens with zero attached hydrogens (tertiary/aromatic N) is 7. The molecule has 1 aromatic carbocycles. The average Bonchev–Trinajstić information content (AvgIpc) is 3.35. The number of hydrogen-bond donors (Lipinski definition) is 1. The molecule has 0 spiro atoms. The molecular formula is C18H14N8O2. The molecule has 0 aliphatic heterocycles. The molecule has 0 amide bonds. The number of H-pyrrole nitrogens is 1. The van der Waals surface area contributed by atoms with E-state index < -0.39 is 0 Å². The predicted octanol–water partition coefficient (Wildman–Crippen LogP) is 1.53. The van der Waals surface area contributed by atoms with Crippen LogP contribution >= 0.6 is 0 Å². The summed E-state index contributed by atoms with van der Waals surface area (Å²) in [5.41, 5.74) is 1.59. The highest BCUT2D eigenvalue weighted by atomic mass is 16.5.